The van der Waals surface area contributed by atoms with Gasteiger partial charge >= 0.3 is 0 Å². The Labute approximate surface area is 325 Å². The molecule has 0 spiro atoms. The molecule has 7 atom stereocenters. The van der Waals surface area contributed by atoms with Gasteiger partial charge in [0.15, 0.2) is 0 Å². The lowest BCUT2D eigenvalue weighted by Crippen LogP contribution is -2.47. The molecule has 2 aromatic carbocycles. The third-order valence-electron chi connectivity index (χ3n) is 12.4. The van der Waals surface area contributed by atoms with Gasteiger partial charge in [-0.25, -0.2) is 8.51 Å². The number of hydrogen-bond acceptors (Lipinski definition) is 8. The van der Waals surface area contributed by atoms with Crippen molar-refractivity contribution in [3.05, 3.63) is 58.1 Å². The monoisotopic (exact) mass is 771 g/mol. The van der Waals surface area contributed by atoms with Gasteiger partial charge in [0.25, 0.3) is 5.91 Å². The minimum Gasteiger partial charge on any atom is -0.491 e. The highest BCUT2D eigenvalue weighted by Gasteiger charge is 2.40. The fourth-order valence-corrected chi connectivity index (χ4v) is 10.8. The number of fused-ring (bicyclic) bond motifs is 2. The summed E-state index contributed by atoms with van der Waals surface area (Å²) in [6, 6.07) is 12.1. The van der Waals surface area contributed by atoms with Gasteiger partial charge in [-0.2, -0.15) is 0 Å². The van der Waals surface area contributed by atoms with Crippen molar-refractivity contribution in [2.24, 2.45) is 23.7 Å². The van der Waals surface area contributed by atoms with Crippen molar-refractivity contribution in [2.45, 2.75) is 83.3 Å². The molecule has 6 rings (SSSR count). The van der Waals surface area contributed by atoms with Crippen LogP contribution in [0.2, 0.25) is 5.02 Å². The first-order valence-electron chi connectivity index (χ1n) is 20.0. The number of carbonyl (C=O) groups excluding carboxylic acids is 1. The predicted molar refractivity (Wildman–Crippen MR) is 219 cm³/mol. The third kappa shape index (κ3) is 10.1. The molecule has 3 aliphatic heterocycles. The minimum absolute atomic E-state index is 0.127. The maximum Gasteiger partial charge on any atom is 0.263 e. The Hall–Kier alpha value is -1.82. The molecule has 2 N–H and O–H groups in total. The lowest BCUT2D eigenvalue weighted by molar-refractivity contribution is 0.0685. The number of hydrogen-bond donors (Lipinski definition) is 2. The van der Waals surface area contributed by atoms with Crippen molar-refractivity contribution in [3.8, 4) is 5.75 Å². The first kappa shape index (κ1) is 39.9. The van der Waals surface area contributed by atoms with Crippen LogP contribution in [0.5, 0.6) is 5.75 Å². The smallest absolute Gasteiger partial charge is 0.263 e. The van der Waals surface area contributed by atoms with Crippen molar-refractivity contribution in [3.63, 3.8) is 0 Å². The maximum atomic E-state index is 13.6. The van der Waals surface area contributed by atoms with Crippen LogP contribution in [0, 0.1) is 23.7 Å². The number of rotatable bonds is 6. The van der Waals surface area contributed by atoms with Crippen LogP contribution in [0.3, 0.4) is 0 Å². The molecule has 7 unspecified atom stereocenters. The Morgan fingerprint density at radius 1 is 0.981 bits per heavy atom. The van der Waals surface area contributed by atoms with E-state index in [1.54, 1.807) is 0 Å². The summed E-state index contributed by atoms with van der Waals surface area (Å²) in [5.41, 5.74) is 4.11. The van der Waals surface area contributed by atoms with E-state index in [1.165, 1.54) is 36.8 Å². The van der Waals surface area contributed by atoms with Crippen LogP contribution in [0.4, 0.5) is 5.69 Å². The SMILES string of the molecule is CCCc1cc(Cl)ccc1C1COc2ccc3cc2N(C1)CC1CCC1C(CN1CCCN(SC)CCNCC1)CCCC(C)C(C)S(=O)NC3=O. The van der Waals surface area contributed by atoms with Gasteiger partial charge in [0.2, 0.25) is 0 Å². The van der Waals surface area contributed by atoms with E-state index < -0.39 is 11.0 Å². The van der Waals surface area contributed by atoms with Crippen molar-refractivity contribution in [2.75, 3.05) is 76.7 Å². The average molecular weight is 773 g/mol. The molecule has 0 aromatic heterocycles. The van der Waals surface area contributed by atoms with Crippen molar-refractivity contribution < 1.29 is 13.7 Å². The van der Waals surface area contributed by atoms with Gasteiger partial charge in [-0.3, -0.25) is 9.52 Å². The molecule has 2 aromatic rings. The average Bonchev–Trinajstić information content (AvgIpc) is 3.30. The van der Waals surface area contributed by atoms with E-state index in [4.69, 9.17) is 16.3 Å². The maximum absolute atomic E-state index is 13.6. The van der Waals surface area contributed by atoms with Gasteiger partial charge in [0.1, 0.15) is 16.7 Å². The second kappa shape index (κ2) is 19.2. The highest BCUT2D eigenvalue weighted by Crippen LogP contribution is 2.45. The van der Waals surface area contributed by atoms with Gasteiger partial charge < -0.3 is 19.9 Å². The van der Waals surface area contributed by atoms with Gasteiger partial charge in [0.05, 0.1) is 17.5 Å². The summed E-state index contributed by atoms with van der Waals surface area (Å²) in [6.07, 6.45) is 11.3. The molecule has 2 bridgehead atoms. The van der Waals surface area contributed by atoms with Crippen molar-refractivity contribution in [1.82, 2.24) is 19.2 Å². The quantitative estimate of drug-likeness (QED) is 0.295. The molecule has 2 fully saturated rings. The standard InChI is InChI=1S/C41H62ClN5O3S2/c1-5-8-31-23-36(42)13-15-37(31)35-27-46-26-34-11-14-38(34)33(25-45-19-7-20-47(51-4)22-18-43-17-21-45)10-6-9-29(2)30(3)52(49)44-41(48)32-12-16-40(50-28-35)39(46)24-32/h12-13,15-16,23-24,29-30,33-35,38,43H,5-11,14,17-22,25-28H2,1-4H3,(H,44,48). The molecular weight excluding hydrogens is 710 g/mol. The predicted octanol–water partition coefficient (Wildman–Crippen LogP) is 7.39. The number of benzene rings is 2. The summed E-state index contributed by atoms with van der Waals surface area (Å²) in [5.74, 6) is 2.81. The summed E-state index contributed by atoms with van der Waals surface area (Å²) in [4.78, 5) is 18.8. The zero-order valence-electron chi connectivity index (χ0n) is 31.9. The molecule has 1 saturated heterocycles. The molecule has 4 aliphatic rings. The highest BCUT2D eigenvalue weighted by molar-refractivity contribution is 7.96. The van der Waals surface area contributed by atoms with Crippen molar-refractivity contribution in [1.29, 1.82) is 0 Å². The van der Waals surface area contributed by atoms with Crippen LogP contribution in [0.15, 0.2) is 36.4 Å². The second-order valence-electron chi connectivity index (χ2n) is 15.8. The number of nitrogens with zero attached hydrogens (tertiary/aromatic N) is 3. The lowest BCUT2D eigenvalue weighted by Gasteiger charge is -2.46. The lowest BCUT2D eigenvalue weighted by atomic mass is 9.65. The Kier molecular flexibility index (Phi) is 14.7. The third-order valence-corrected chi connectivity index (χ3v) is 15.0. The van der Waals surface area contributed by atoms with Crippen LogP contribution >= 0.6 is 23.5 Å². The molecule has 52 heavy (non-hydrogen) atoms. The van der Waals surface area contributed by atoms with E-state index in [-0.39, 0.29) is 23.0 Å². The molecule has 1 saturated carbocycles. The van der Waals surface area contributed by atoms with Gasteiger partial charge in [-0.05, 0) is 123 Å². The number of carbonyl (C=O) groups is 1. The number of ether oxygens (including phenoxy) is 1. The normalized spacial score (nSPS) is 30.3. The first-order chi connectivity index (χ1) is 25.2. The summed E-state index contributed by atoms with van der Waals surface area (Å²) in [5, 5.41) is 4.35. The van der Waals surface area contributed by atoms with Gasteiger partial charge in [-0.1, -0.05) is 56.3 Å². The highest BCUT2D eigenvalue weighted by atomic mass is 35.5. The molecular formula is C41H62ClN5O3S2. The summed E-state index contributed by atoms with van der Waals surface area (Å²) >= 11 is 8.38. The Balaban J connectivity index is 1.31. The zero-order chi connectivity index (χ0) is 36.6. The van der Waals surface area contributed by atoms with E-state index in [0.29, 0.717) is 29.9 Å². The number of nitrogens with one attached hydrogen (secondary N) is 2. The molecule has 8 nitrogen and oxygen atoms in total. The fraction of sp³-hybridized carbons (Fsp3) is 0.683. The molecule has 3 heterocycles. The van der Waals surface area contributed by atoms with E-state index in [0.717, 1.165) is 101 Å². The van der Waals surface area contributed by atoms with E-state index in [2.05, 4.69) is 56.4 Å². The molecule has 288 valence electrons. The second-order valence-corrected chi connectivity index (χ2v) is 18.7. The molecule has 11 heteroatoms. The fourth-order valence-electron chi connectivity index (χ4n) is 8.97. The molecule has 1 aliphatic carbocycles. The first-order valence-corrected chi connectivity index (χ1v) is 22.7. The minimum atomic E-state index is -1.47. The molecule has 1 amide bonds. The van der Waals surface area contributed by atoms with E-state index in [1.807, 2.05) is 43.1 Å². The van der Waals surface area contributed by atoms with Crippen LogP contribution in [-0.2, 0) is 17.4 Å². The Morgan fingerprint density at radius 3 is 2.62 bits per heavy atom. The largest absolute Gasteiger partial charge is 0.491 e. The Morgan fingerprint density at radius 2 is 1.83 bits per heavy atom. The summed E-state index contributed by atoms with van der Waals surface area (Å²) < 4.78 is 25.5. The van der Waals surface area contributed by atoms with Gasteiger partial charge in [-0.15, -0.1) is 0 Å². The number of halogens is 1. The Bertz CT molecular complexity index is 1510. The van der Waals surface area contributed by atoms with Crippen LogP contribution in [0.1, 0.15) is 93.1 Å². The topological polar surface area (TPSA) is 77.2 Å². The molecule has 0 radical (unpaired) electrons. The van der Waals surface area contributed by atoms with Crippen molar-refractivity contribution >= 4 is 46.1 Å². The van der Waals surface area contributed by atoms with E-state index in [9.17, 15) is 9.00 Å². The van der Waals surface area contributed by atoms with E-state index >= 15 is 0 Å². The van der Waals surface area contributed by atoms with Crippen LogP contribution < -0.4 is 19.7 Å². The van der Waals surface area contributed by atoms with Gasteiger partial charge in [0, 0.05) is 68.9 Å². The van der Waals surface area contributed by atoms with Crippen LogP contribution in [0.25, 0.3) is 0 Å². The number of aryl methyl sites for hydroxylation is 1. The number of amides is 1. The zero-order valence-corrected chi connectivity index (χ0v) is 34.3. The summed E-state index contributed by atoms with van der Waals surface area (Å²) in [7, 11) is -1.47. The van der Waals surface area contributed by atoms with Crippen LogP contribution in [-0.4, -0.2) is 96.3 Å². The number of anilines is 1. The summed E-state index contributed by atoms with van der Waals surface area (Å²) in [6.45, 7) is 16.5.